The van der Waals surface area contributed by atoms with Crippen LogP contribution in [0.3, 0.4) is 0 Å². The number of rotatable bonds is 8. The second-order valence-corrected chi connectivity index (χ2v) is 9.63. The highest BCUT2D eigenvalue weighted by atomic mass is 16.5. The van der Waals surface area contributed by atoms with E-state index >= 15 is 0 Å². The highest BCUT2D eigenvalue weighted by Crippen LogP contribution is 2.32. The molecule has 0 spiro atoms. The molecule has 0 radical (unpaired) electrons. The van der Waals surface area contributed by atoms with Crippen molar-refractivity contribution in [2.75, 3.05) is 37.7 Å². The van der Waals surface area contributed by atoms with Crippen LogP contribution >= 0.6 is 0 Å². The smallest absolute Gasteiger partial charge is 0.239 e. The van der Waals surface area contributed by atoms with E-state index in [9.17, 15) is 4.79 Å². The first kappa shape index (κ1) is 23.7. The number of hydrogen-bond acceptors (Lipinski definition) is 7. The minimum Gasteiger partial charge on any atom is -0.378 e. The van der Waals surface area contributed by atoms with Crippen molar-refractivity contribution in [3.8, 4) is 0 Å². The number of aryl methyl sites for hydroxylation is 4. The topological polar surface area (TPSA) is 102 Å². The maximum absolute atomic E-state index is 12.2. The number of carbonyl (C=O) groups is 1. The van der Waals surface area contributed by atoms with E-state index in [0.717, 1.165) is 74.3 Å². The van der Waals surface area contributed by atoms with E-state index < -0.39 is 0 Å². The molecule has 1 fully saturated rings. The number of nitrogens with zero attached hydrogens (tertiary/aromatic N) is 6. The summed E-state index contributed by atoms with van der Waals surface area (Å²) < 4.78 is 9.41. The lowest BCUT2D eigenvalue weighted by molar-refractivity contribution is -0.125. The number of morpholine rings is 1. The predicted octanol–water partition coefficient (Wildman–Crippen LogP) is 1.62. The first-order valence-electron chi connectivity index (χ1n) is 12.7. The number of pyridine rings is 1. The molecule has 2 aliphatic rings. The van der Waals surface area contributed by atoms with Crippen molar-refractivity contribution in [3.05, 3.63) is 34.9 Å². The third kappa shape index (κ3) is 5.04. The van der Waals surface area contributed by atoms with Gasteiger partial charge in [-0.05, 0) is 39.2 Å². The first-order chi connectivity index (χ1) is 17.0. The molecule has 5 rings (SSSR count). The summed E-state index contributed by atoms with van der Waals surface area (Å²) in [6, 6.07) is 1.96. The van der Waals surface area contributed by atoms with Crippen molar-refractivity contribution in [1.82, 2.24) is 35.2 Å². The van der Waals surface area contributed by atoms with E-state index in [1.165, 1.54) is 16.9 Å². The molecule has 10 nitrogen and oxygen atoms in total. The summed E-state index contributed by atoms with van der Waals surface area (Å²) in [5, 5.41) is 16.6. The van der Waals surface area contributed by atoms with Gasteiger partial charge in [-0.1, -0.05) is 0 Å². The lowest BCUT2D eigenvalue weighted by atomic mass is 10.0. The maximum Gasteiger partial charge on any atom is 0.239 e. The van der Waals surface area contributed by atoms with Crippen LogP contribution in [0, 0.1) is 13.8 Å². The number of amides is 1. The molecule has 10 heteroatoms. The van der Waals surface area contributed by atoms with E-state index in [4.69, 9.17) is 9.84 Å². The van der Waals surface area contributed by atoms with Crippen molar-refractivity contribution in [1.29, 1.82) is 0 Å². The molecular formula is C25H36N8O2. The molecule has 188 valence electrons. The van der Waals surface area contributed by atoms with Gasteiger partial charge in [-0.2, -0.15) is 10.2 Å². The summed E-state index contributed by atoms with van der Waals surface area (Å²) >= 11 is 0. The van der Waals surface area contributed by atoms with Crippen molar-refractivity contribution in [2.45, 2.75) is 58.7 Å². The van der Waals surface area contributed by atoms with Crippen molar-refractivity contribution < 1.29 is 9.53 Å². The Morgan fingerprint density at radius 3 is 3.00 bits per heavy atom. The molecule has 5 heterocycles. The normalized spacial score (nSPS) is 18.1. The summed E-state index contributed by atoms with van der Waals surface area (Å²) in [6.45, 7) is 9.47. The Kier molecular flexibility index (Phi) is 7.01. The van der Waals surface area contributed by atoms with Crippen LogP contribution in [0.4, 0.5) is 5.69 Å². The van der Waals surface area contributed by atoms with E-state index in [1.54, 1.807) is 0 Å². The number of nitrogens with one attached hydrogen (secondary N) is 2. The van der Waals surface area contributed by atoms with Crippen LogP contribution in [0.25, 0.3) is 11.0 Å². The molecular weight excluding hydrogens is 444 g/mol. The second-order valence-electron chi connectivity index (χ2n) is 9.63. The number of ether oxygens (including phenoxy) is 1. The van der Waals surface area contributed by atoms with Crippen LogP contribution in [-0.2, 0) is 36.1 Å². The Morgan fingerprint density at radius 1 is 1.29 bits per heavy atom. The van der Waals surface area contributed by atoms with Crippen LogP contribution < -0.4 is 15.5 Å². The van der Waals surface area contributed by atoms with Gasteiger partial charge < -0.3 is 20.3 Å². The lowest BCUT2D eigenvalue weighted by Gasteiger charge is -2.30. The Labute approximate surface area is 206 Å². The second kappa shape index (κ2) is 10.3. The fraction of sp³-hybridized carbons (Fsp3) is 0.600. The van der Waals surface area contributed by atoms with E-state index in [2.05, 4.69) is 43.3 Å². The summed E-state index contributed by atoms with van der Waals surface area (Å²) in [5.41, 5.74) is 6.97. The van der Waals surface area contributed by atoms with Gasteiger partial charge in [0.1, 0.15) is 6.04 Å². The molecule has 1 saturated heterocycles. The van der Waals surface area contributed by atoms with Crippen LogP contribution in [0.5, 0.6) is 0 Å². The molecule has 0 saturated carbocycles. The van der Waals surface area contributed by atoms with Crippen LogP contribution in [0.15, 0.2) is 12.3 Å². The molecule has 0 aliphatic carbocycles. The minimum atomic E-state index is -0.216. The summed E-state index contributed by atoms with van der Waals surface area (Å²) in [4.78, 5) is 19.3. The van der Waals surface area contributed by atoms with Gasteiger partial charge in [0.2, 0.25) is 5.91 Å². The van der Waals surface area contributed by atoms with Gasteiger partial charge in [-0.3, -0.25) is 14.2 Å². The SMILES string of the molecule is Cc1cc(N2CCc3c(c(C)nn3CCCCCNC(=O)[C@@H]3COCCN3)C2)c2cnn(C)c2n1. The third-order valence-corrected chi connectivity index (χ3v) is 7.07. The van der Waals surface area contributed by atoms with E-state index in [1.807, 2.05) is 24.9 Å². The monoisotopic (exact) mass is 480 g/mol. The van der Waals surface area contributed by atoms with Gasteiger partial charge in [-0.25, -0.2) is 4.98 Å². The average Bonchev–Trinajstić information content (AvgIpc) is 3.40. The van der Waals surface area contributed by atoms with Crippen molar-refractivity contribution >= 4 is 22.6 Å². The molecule has 0 aromatic carbocycles. The zero-order chi connectivity index (χ0) is 24.4. The zero-order valence-corrected chi connectivity index (χ0v) is 21.0. The Bertz CT molecular complexity index is 1190. The van der Waals surface area contributed by atoms with Gasteiger partial charge in [0.25, 0.3) is 0 Å². The molecule has 35 heavy (non-hydrogen) atoms. The molecule has 1 atom stereocenters. The minimum absolute atomic E-state index is 0.0407. The van der Waals surface area contributed by atoms with Crippen molar-refractivity contribution in [3.63, 3.8) is 0 Å². The van der Waals surface area contributed by atoms with Crippen molar-refractivity contribution in [2.24, 2.45) is 7.05 Å². The number of hydrogen-bond donors (Lipinski definition) is 2. The first-order valence-corrected chi connectivity index (χ1v) is 12.7. The molecule has 0 unspecified atom stereocenters. The molecule has 1 amide bonds. The fourth-order valence-electron chi connectivity index (χ4n) is 5.17. The summed E-state index contributed by atoms with van der Waals surface area (Å²) in [6.07, 6.45) is 5.98. The molecule has 2 aliphatic heterocycles. The molecule has 0 bridgehead atoms. The van der Waals surface area contributed by atoms with Gasteiger partial charge in [0.15, 0.2) is 5.65 Å². The van der Waals surface area contributed by atoms with Gasteiger partial charge in [-0.15, -0.1) is 0 Å². The van der Waals surface area contributed by atoms with Crippen LogP contribution in [0.2, 0.25) is 0 Å². The highest BCUT2D eigenvalue weighted by Gasteiger charge is 2.25. The molecule has 3 aromatic heterocycles. The number of fused-ring (bicyclic) bond motifs is 2. The average molecular weight is 481 g/mol. The Hall–Kier alpha value is -2.98. The summed E-state index contributed by atoms with van der Waals surface area (Å²) in [5.74, 6) is 0.0407. The van der Waals surface area contributed by atoms with E-state index in [0.29, 0.717) is 19.8 Å². The highest BCUT2D eigenvalue weighted by molar-refractivity contribution is 5.89. The lowest BCUT2D eigenvalue weighted by Crippen LogP contribution is -2.51. The molecule has 3 aromatic rings. The number of anilines is 1. The Balaban J connectivity index is 1.15. The Morgan fingerprint density at radius 2 is 2.17 bits per heavy atom. The maximum atomic E-state index is 12.2. The quantitative estimate of drug-likeness (QED) is 0.473. The predicted molar refractivity (Wildman–Crippen MR) is 134 cm³/mol. The fourth-order valence-corrected chi connectivity index (χ4v) is 5.17. The van der Waals surface area contributed by atoms with Gasteiger partial charge >= 0.3 is 0 Å². The number of carbonyl (C=O) groups excluding carboxylic acids is 1. The largest absolute Gasteiger partial charge is 0.378 e. The standard InChI is InChI=1S/C25H36N8O2/c1-17-13-23(19-14-28-31(3)24(19)29-17)32-11-7-22-20(15-32)18(2)30-33(22)10-6-4-5-8-27-25(34)21-16-35-12-9-26-21/h13-14,21,26H,4-12,15-16H2,1-3H3,(H,27,34)/t21-/m0/s1. The van der Waals surface area contributed by atoms with Crippen LogP contribution in [0.1, 0.15) is 41.9 Å². The zero-order valence-electron chi connectivity index (χ0n) is 21.0. The van der Waals surface area contributed by atoms with E-state index in [-0.39, 0.29) is 11.9 Å². The number of aromatic nitrogens is 5. The molecule has 2 N–H and O–H groups in total. The third-order valence-electron chi connectivity index (χ3n) is 7.07. The van der Waals surface area contributed by atoms with Gasteiger partial charge in [0.05, 0.1) is 36.2 Å². The van der Waals surface area contributed by atoms with Crippen LogP contribution in [-0.4, -0.2) is 69.3 Å². The summed E-state index contributed by atoms with van der Waals surface area (Å²) in [7, 11) is 1.94. The number of unbranched alkanes of at least 4 members (excludes halogenated alkanes) is 2. The van der Waals surface area contributed by atoms with Gasteiger partial charge in [0, 0.05) is 63.1 Å².